The maximum atomic E-state index is 11.1. The van der Waals surface area contributed by atoms with E-state index in [0.29, 0.717) is 6.42 Å². The molecule has 1 aromatic carbocycles. The minimum atomic E-state index is -0.870. The van der Waals surface area contributed by atoms with Crippen LogP contribution in [0.1, 0.15) is 23.6 Å². The zero-order chi connectivity index (χ0) is 11.4. The average molecular weight is 206 g/mol. The summed E-state index contributed by atoms with van der Waals surface area (Å²) in [6.45, 7) is 3.40. The summed E-state index contributed by atoms with van der Waals surface area (Å²) < 4.78 is 0. The molecule has 0 aliphatic carbocycles. The second-order valence-corrected chi connectivity index (χ2v) is 3.66. The number of Topliss-reactive ketones (excluding diaryl/α,β-unsaturated/α-hetero) is 1. The quantitative estimate of drug-likeness (QED) is 0.816. The zero-order valence-corrected chi connectivity index (χ0v) is 8.91. The first-order valence-corrected chi connectivity index (χ1v) is 4.79. The lowest BCUT2D eigenvalue weighted by molar-refractivity contribution is -0.136. The fraction of sp³-hybridized carbons (Fsp3) is 0.333. The van der Waals surface area contributed by atoms with Crippen LogP contribution in [0.15, 0.2) is 18.2 Å². The van der Waals surface area contributed by atoms with Crippen LogP contribution >= 0.6 is 0 Å². The predicted octanol–water partition coefficient (Wildman–Crippen LogP) is 1.75. The van der Waals surface area contributed by atoms with Gasteiger partial charge in [-0.15, -0.1) is 0 Å². The van der Waals surface area contributed by atoms with Crippen LogP contribution in [0.2, 0.25) is 0 Å². The first-order valence-electron chi connectivity index (χ1n) is 4.79. The Hall–Kier alpha value is -1.64. The Bertz CT molecular complexity index is 394. The summed E-state index contributed by atoms with van der Waals surface area (Å²) in [5.74, 6) is -0.818. The molecule has 0 saturated heterocycles. The molecule has 0 saturated carbocycles. The van der Waals surface area contributed by atoms with Crippen molar-refractivity contribution in [1.29, 1.82) is 0 Å². The van der Waals surface area contributed by atoms with Gasteiger partial charge in [0.25, 0.3) is 0 Å². The van der Waals surface area contributed by atoms with Gasteiger partial charge in [-0.05, 0) is 30.5 Å². The number of carbonyl (C=O) groups excluding carboxylic acids is 1. The van der Waals surface area contributed by atoms with Crippen LogP contribution in [-0.4, -0.2) is 16.9 Å². The lowest BCUT2D eigenvalue weighted by Gasteiger charge is -2.09. The van der Waals surface area contributed by atoms with Crippen molar-refractivity contribution in [2.75, 3.05) is 0 Å². The third kappa shape index (κ3) is 3.20. The Morgan fingerprint density at radius 1 is 1.27 bits per heavy atom. The van der Waals surface area contributed by atoms with Crippen molar-refractivity contribution in [3.05, 3.63) is 34.9 Å². The summed E-state index contributed by atoms with van der Waals surface area (Å²) in [4.78, 5) is 21.7. The van der Waals surface area contributed by atoms with Crippen molar-refractivity contribution in [3.8, 4) is 0 Å². The molecule has 0 heterocycles. The summed E-state index contributed by atoms with van der Waals surface area (Å²) >= 11 is 0. The first-order chi connectivity index (χ1) is 7.00. The zero-order valence-electron chi connectivity index (χ0n) is 8.91. The van der Waals surface area contributed by atoms with E-state index in [1.54, 1.807) is 6.07 Å². The minimum absolute atomic E-state index is 0.0235. The standard InChI is InChI=1S/C12H14O3/c1-8-4-3-5-10(7-12(14)15)11(8)6-9(2)13/h3-5H,6-7H2,1-2H3,(H,14,15). The molecule has 0 aliphatic heterocycles. The number of hydrogen-bond donors (Lipinski definition) is 1. The van der Waals surface area contributed by atoms with E-state index in [0.717, 1.165) is 16.7 Å². The number of rotatable bonds is 4. The van der Waals surface area contributed by atoms with Gasteiger partial charge in [0, 0.05) is 6.42 Å². The van der Waals surface area contributed by atoms with Crippen molar-refractivity contribution in [2.24, 2.45) is 0 Å². The van der Waals surface area contributed by atoms with E-state index in [2.05, 4.69) is 0 Å². The van der Waals surface area contributed by atoms with E-state index in [9.17, 15) is 9.59 Å². The SMILES string of the molecule is CC(=O)Cc1c(C)cccc1CC(=O)O. The Morgan fingerprint density at radius 2 is 1.93 bits per heavy atom. The van der Waals surface area contributed by atoms with E-state index in [1.165, 1.54) is 6.92 Å². The monoisotopic (exact) mass is 206 g/mol. The van der Waals surface area contributed by atoms with E-state index in [1.807, 2.05) is 19.1 Å². The molecule has 1 N–H and O–H groups in total. The van der Waals surface area contributed by atoms with Crippen LogP contribution in [-0.2, 0) is 22.4 Å². The van der Waals surface area contributed by atoms with Crippen LogP contribution in [0.25, 0.3) is 0 Å². The van der Waals surface area contributed by atoms with Gasteiger partial charge in [0.1, 0.15) is 5.78 Å². The molecule has 0 spiro atoms. The van der Waals surface area contributed by atoms with Crippen LogP contribution in [0.5, 0.6) is 0 Å². The largest absolute Gasteiger partial charge is 0.481 e. The molecule has 0 fully saturated rings. The number of hydrogen-bond acceptors (Lipinski definition) is 2. The van der Waals surface area contributed by atoms with Crippen molar-refractivity contribution in [2.45, 2.75) is 26.7 Å². The summed E-state index contributed by atoms with van der Waals surface area (Å²) in [7, 11) is 0. The highest BCUT2D eigenvalue weighted by atomic mass is 16.4. The molecule has 0 radical (unpaired) electrons. The number of carboxylic acids is 1. The Kier molecular flexibility index (Phi) is 3.61. The highest BCUT2D eigenvalue weighted by Gasteiger charge is 2.10. The van der Waals surface area contributed by atoms with Crippen molar-refractivity contribution < 1.29 is 14.7 Å². The van der Waals surface area contributed by atoms with Gasteiger partial charge < -0.3 is 5.11 Å². The Balaban J connectivity index is 3.08. The average Bonchev–Trinajstić information content (AvgIpc) is 2.09. The van der Waals surface area contributed by atoms with Gasteiger partial charge in [0.15, 0.2) is 0 Å². The van der Waals surface area contributed by atoms with E-state index < -0.39 is 5.97 Å². The lowest BCUT2D eigenvalue weighted by atomic mass is 9.96. The molecule has 0 amide bonds. The third-order valence-electron chi connectivity index (χ3n) is 2.27. The van der Waals surface area contributed by atoms with Crippen LogP contribution in [0, 0.1) is 6.92 Å². The number of aliphatic carboxylic acids is 1. The fourth-order valence-corrected chi connectivity index (χ4v) is 1.59. The lowest BCUT2D eigenvalue weighted by Crippen LogP contribution is -2.08. The Morgan fingerprint density at radius 3 is 2.47 bits per heavy atom. The summed E-state index contributed by atoms with van der Waals surface area (Å²) in [6, 6.07) is 5.47. The molecule has 3 nitrogen and oxygen atoms in total. The molecule has 15 heavy (non-hydrogen) atoms. The topological polar surface area (TPSA) is 54.4 Å². The molecular formula is C12H14O3. The van der Waals surface area contributed by atoms with Crippen molar-refractivity contribution in [3.63, 3.8) is 0 Å². The van der Waals surface area contributed by atoms with E-state index in [-0.39, 0.29) is 12.2 Å². The van der Waals surface area contributed by atoms with Crippen LogP contribution < -0.4 is 0 Å². The van der Waals surface area contributed by atoms with Gasteiger partial charge in [0.2, 0.25) is 0 Å². The van der Waals surface area contributed by atoms with E-state index >= 15 is 0 Å². The molecular weight excluding hydrogens is 192 g/mol. The summed E-state index contributed by atoms with van der Waals surface area (Å²) in [5, 5.41) is 8.73. The first kappa shape index (κ1) is 11.4. The fourth-order valence-electron chi connectivity index (χ4n) is 1.59. The molecule has 3 heteroatoms. The molecule has 0 aromatic heterocycles. The number of carboxylic acid groups (broad SMARTS) is 1. The predicted molar refractivity (Wildman–Crippen MR) is 56.9 cm³/mol. The smallest absolute Gasteiger partial charge is 0.307 e. The van der Waals surface area contributed by atoms with Gasteiger partial charge >= 0.3 is 5.97 Å². The summed E-state index contributed by atoms with van der Waals surface area (Å²) in [6.07, 6.45) is 0.291. The van der Waals surface area contributed by atoms with Crippen molar-refractivity contribution >= 4 is 11.8 Å². The van der Waals surface area contributed by atoms with Gasteiger partial charge in [0.05, 0.1) is 6.42 Å². The number of ketones is 1. The van der Waals surface area contributed by atoms with Gasteiger partial charge in [-0.1, -0.05) is 18.2 Å². The van der Waals surface area contributed by atoms with Crippen LogP contribution in [0.4, 0.5) is 0 Å². The number of benzene rings is 1. The molecule has 1 aromatic rings. The Labute approximate surface area is 88.7 Å². The minimum Gasteiger partial charge on any atom is -0.481 e. The van der Waals surface area contributed by atoms with Crippen molar-refractivity contribution in [1.82, 2.24) is 0 Å². The summed E-state index contributed by atoms with van der Waals surface area (Å²) in [5.41, 5.74) is 2.56. The maximum absolute atomic E-state index is 11.1. The molecule has 0 bridgehead atoms. The number of aryl methyl sites for hydroxylation is 1. The third-order valence-corrected chi connectivity index (χ3v) is 2.27. The van der Waals surface area contributed by atoms with Crippen LogP contribution in [0.3, 0.4) is 0 Å². The van der Waals surface area contributed by atoms with Gasteiger partial charge in [-0.25, -0.2) is 0 Å². The molecule has 0 aliphatic rings. The second-order valence-electron chi connectivity index (χ2n) is 3.66. The van der Waals surface area contributed by atoms with Gasteiger partial charge in [-0.2, -0.15) is 0 Å². The molecule has 0 atom stereocenters. The van der Waals surface area contributed by atoms with Gasteiger partial charge in [-0.3, -0.25) is 9.59 Å². The highest BCUT2D eigenvalue weighted by molar-refractivity contribution is 5.80. The normalized spacial score (nSPS) is 10.0. The number of carbonyl (C=O) groups is 2. The second kappa shape index (κ2) is 4.73. The molecule has 80 valence electrons. The molecule has 0 unspecified atom stereocenters. The maximum Gasteiger partial charge on any atom is 0.307 e. The highest BCUT2D eigenvalue weighted by Crippen LogP contribution is 2.16. The van der Waals surface area contributed by atoms with E-state index in [4.69, 9.17) is 5.11 Å². The molecule has 1 rings (SSSR count).